The van der Waals surface area contributed by atoms with Crippen LogP contribution >= 0.6 is 0 Å². The summed E-state index contributed by atoms with van der Waals surface area (Å²) in [6, 6.07) is 7.53. The molecule has 0 unspecified atom stereocenters. The molecular weight excluding hydrogens is 366 g/mol. The van der Waals surface area contributed by atoms with Crippen molar-refractivity contribution in [2.75, 3.05) is 33.3 Å². The van der Waals surface area contributed by atoms with Gasteiger partial charge < -0.3 is 10.1 Å². The zero-order chi connectivity index (χ0) is 19.3. The van der Waals surface area contributed by atoms with Crippen molar-refractivity contribution >= 4 is 16.1 Å². The highest BCUT2D eigenvalue weighted by Crippen LogP contribution is 2.23. The van der Waals surface area contributed by atoms with Crippen LogP contribution in [0.5, 0.6) is 5.75 Å². The van der Waals surface area contributed by atoms with Crippen LogP contribution in [0, 0.1) is 5.92 Å². The summed E-state index contributed by atoms with van der Waals surface area (Å²) in [5.74, 6) is 0.400. The van der Waals surface area contributed by atoms with Crippen molar-refractivity contribution in [2.45, 2.75) is 38.6 Å². The minimum atomic E-state index is -3.45. The van der Waals surface area contributed by atoms with Gasteiger partial charge in [0.2, 0.25) is 5.91 Å². The van der Waals surface area contributed by atoms with Gasteiger partial charge >= 0.3 is 0 Å². The van der Waals surface area contributed by atoms with Crippen molar-refractivity contribution in [3.8, 4) is 5.75 Å². The first-order valence-corrected chi connectivity index (χ1v) is 11.1. The van der Waals surface area contributed by atoms with Gasteiger partial charge in [-0.3, -0.25) is 4.79 Å². The lowest BCUT2D eigenvalue weighted by atomic mass is 9.99. The average Bonchev–Trinajstić information content (AvgIpc) is 2.73. The van der Waals surface area contributed by atoms with E-state index < -0.39 is 10.2 Å². The van der Waals surface area contributed by atoms with Crippen molar-refractivity contribution in [1.29, 1.82) is 0 Å². The van der Waals surface area contributed by atoms with Gasteiger partial charge in [-0.15, -0.1) is 0 Å². The van der Waals surface area contributed by atoms with Crippen LogP contribution in [0.1, 0.15) is 37.7 Å². The first-order valence-electron chi connectivity index (χ1n) is 9.66. The van der Waals surface area contributed by atoms with Crippen LogP contribution in [-0.2, 0) is 21.5 Å². The molecule has 2 fully saturated rings. The monoisotopic (exact) mass is 395 g/mol. The van der Waals surface area contributed by atoms with Crippen molar-refractivity contribution in [3.63, 3.8) is 0 Å². The number of carbonyl (C=O) groups is 1. The first kappa shape index (κ1) is 20.1. The lowest BCUT2D eigenvalue weighted by Gasteiger charge is -2.36. The van der Waals surface area contributed by atoms with Gasteiger partial charge in [0.05, 0.1) is 13.0 Å². The normalized spacial score (nSPS) is 22.3. The van der Waals surface area contributed by atoms with Gasteiger partial charge in [0.25, 0.3) is 10.2 Å². The van der Waals surface area contributed by atoms with E-state index in [0.717, 1.165) is 37.0 Å². The molecule has 1 N–H and O–H groups in total. The zero-order valence-electron chi connectivity index (χ0n) is 15.9. The molecule has 2 aliphatic heterocycles. The Hall–Kier alpha value is -1.64. The fourth-order valence-electron chi connectivity index (χ4n) is 3.70. The van der Waals surface area contributed by atoms with Crippen LogP contribution < -0.4 is 10.1 Å². The lowest BCUT2D eigenvalue weighted by molar-refractivity contribution is -0.126. The topological polar surface area (TPSA) is 79.0 Å². The van der Waals surface area contributed by atoms with E-state index in [-0.39, 0.29) is 18.4 Å². The number of amides is 1. The number of piperidine rings is 2. The maximum absolute atomic E-state index is 12.9. The molecule has 0 aromatic heterocycles. The van der Waals surface area contributed by atoms with E-state index in [1.807, 2.05) is 24.3 Å². The molecule has 2 saturated heterocycles. The summed E-state index contributed by atoms with van der Waals surface area (Å²) in [5, 5.41) is 2.94. The number of hydrogen-bond donors (Lipinski definition) is 1. The highest BCUT2D eigenvalue weighted by atomic mass is 32.2. The predicted molar refractivity (Wildman–Crippen MR) is 103 cm³/mol. The lowest BCUT2D eigenvalue weighted by Crippen LogP contribution is -2.51. The molecule has 0 aliphatic carbocycles. The molecular formula is C19H29N3O4S. The van der Waals surface area contributed by atoms with Crippen molar-refractivity contribution in [1.82, 2.24) is 13.9 Å². The third-order valence-electron chi connectivity index (χ3n) is 5.35. The van der Waals surface area contributed by atoms with Gasteiger partial charge in [0, 0.05) is 32.7 Å². The number of nitrogens with zero attached hydrogens (tertiary/aromatic N) is 2. The summed E-state index contributed by atoms with van der Waals surface area (Å²) < 4.78 is 33.9. The van der Waals surface area contributed by atoms with Gasteiger partial charge in [-0.2, -0.15) is 17.0 Å². The molecule has 1 aromatic rings. The summed E-state index contributed by atoms with van der Waals surface area (Å²) in [7, 11) is -1.84. The maximum atomic E-state index is 12.9. The average molecular weight is 396 g/mol. The molecule has 150 valence electrons. The Morgan fingerprint density at radius 1 is 1.07 bits per heavy atom. The standard InChI is InChI=1S/C19H29N3O4S/c1-26-18-9-7-16(8-10-18)14-20-19(23)17-6-5-13-22(15-17)27(24,25)21-11-3-2-4-12-21/h7-10,17H,2-6,11-15H2,1H3,(H,20,23)/t17-/m1/s1. The largest absolute Gasteiger partial charge is 0.497 e. The first-order chi connectivity index (χ1) is 13.0. The van der Waals surface area contributed by atoms with Gasteiger partial charge in [-0.25, -0.2) is 0 Å². The Bertz CT molecular complexity index is 730. The number of ether oxygens (including phenoxy) is 1. The Balaban J connectivity index is 1.55. The summed E-state index contributed by atoms with van der Waals surface area (Å²) >= 11 is 0. The zero-order valence-corrected chi connectivity index (χ0v) is 16.7. The second-order valence-electron chi connectivity index (χ2n) is 7.23. The minimum Gasteiger partial charge on any atom is -0.497 e. The van der Waals surface area contributed by atoms with Crippen LogP contribution in [0.4, 0.5) is 0 Å². The van der Waals surface area contributed by atoms with E-state index in [0.29, 0.717) is 32.6 Å². The number of nitrogens with one attached hydrogen (secondary N) is 1. The van der Waals surface area contributed by atoms with Crippen molar-refractivity contribution < 1.29 is 17.9 Å². The molecule has 3 rings (SSSR count). The molecule has 0 saturated carbocycles. The Kier molecular flexibility index (Phi) is 6.73. The molecule has 1 aromatic carbocycles. The van der Waals surface area contributed by atoms with Crippen LogP contribution in [-0.4, -0.2) is 56.2 Å². The molecule has 0 bridgehead atoms. The quantitative estimate of drug-likeness (QED) is 0.796. The molecule has 7 nitrogen and oxygen atoms in total. The minimum absolute atomic E-state index is 0.0793. The van der Waals surface area contributed by atoms with Crippen LogP contribution in [0.2, 0.25) is 0 Å². The highest BCUT2D eigenvalue weighted by molar-refractivity contribution is 7.86. The van der Waals surface area contributed by atoms with Crippen LogP contribution in [0.3, 0.4) is 0 Å². The molecule has 1 amide bonds. The van der Waals surface area contributed by atoms with E-state index in [1.165, 1.54) is 4.31 Å². The fraction of sp³-hybridized carbons (Fsp3) is 0.632. The van der Waals surface area contributed by atoms with E-state index >= 15 is 0 Å². The second-order valence-corrected chi connectivity index (χ2v) is 9.16. The maximum Gasteiger partial charge on any atom is 0.281 e. The number of carbonyl (C=O) groups excluding carboxylic acids is 1. The van der Waals surface area contributed by atoms with Gasteiger partial charge in [0.1, 0.15) is 5.75 Å². The SMILES string of the molecule is COc1ccc(CNC(=O)[C@@H]2CCCN(S(=O)(=O)N3CCCCC3)C2)cc1. The summed E-state index contributed by atoms with van der Waals surface area (Å²) in [6.45, 7) is 2.38. The van der Waals surface area contributed by atoms with Gasteiger partial charge in [-0.1, -0.05) is 18.6 Å². The molecule has 2 heterocycles. The second kappa shape index (κ2) is 9.03. The van der Waals surface area contributed by atoms with E-state index in [1.54, 1.807) is 11.4 Å². The third-order valence-corrected chi connectivity index (χ3v) is 7.35. The predicted octanol–water partition coefficient (Wildman–Crippen LogP) is 1.75. The number of hydrogen-bond acceptors (Lipinski definition) is 4. The number of benzene rings is 1. The van der Waals surface area contributed by atoms with Crippen molar-refractivity contribution in [3.05, 3.63) is 29.8 Å². The number of rotatable bonds is 6. The molecule has 8 heteroatoms. The smallest absolute Gasteiger partial charge is 0.281 e. The molecule has 0 spiro atoms. The van der Waals surface area contributed by atoms with Gasteiger partial charge in [0.15, 0.2) is 0 Å². The highest BCUT2D eigenvalue weighted by Gasteiger charge is 2.36. The summed E-state index contributed by atoms with van der Waals surface area (Å²) in [6.07, 6.45) is 4.36. The van der Waals surface area contributed by atoms with Crippen LogP contribution in [0.15, 0.2) is 24.3 Å². The number of methoxy groups -OCH3 is 1. The third kappa shape index (κ3) is 5.00. The molecule has 0 radical (unpaired) electrons. The molecule has 27 heavy (non-hydrogen) atoms. The summed E-state index contributed by atoms with van der Waals surface area (Å²) in [4.78, 5) is 12.6. The van der Waals surface area contributed by atoms with Crippen LogP contribution in [0.25, 0.3) is 0 Å². The Morgan fingerprint density at radius 2 is 1.74 bits per heavy atom. The Morgan fingerprint density at radius 3 is 2.41 bits per heavy atom. The van der Waals surface area contributed by atoms with E-state index in [9.17, 15) is 13.2 Å². The fourth-order valence-corrected chi connectivity index (χ4v) is 5.48. The van der Waals surface area contributed by atoms with Gasteiger partial charge in [-0.05, 0) is 43.4 Å². The van der Waals surface area contributed by atoms with Crippen molar-refractivity contribution in [2.24, 2.45) is 5.92 Å². The molecule has 1 atom stereocenters. The molecule has 2 aliphatic rings. The summed E-state index contributed by atoms with van der Waals surface area (Å²) in [5.41, 5.74) is 0.984. The van der Waals surface area contributed by atoms with E-state index in [4.69, 9.17) is 4.74 Å². The Labute approximate surface area is 161 Å². The van der Waals surface area contributed by atoms with E-state index in [2.05, 4.69) is 5.32 Å².